The van der Waals surface area contributed by atoms with E-state index < -0.39 is 0 Å². The van der Waals surface area contributed by atoms with Gasteiger partial charge in [-0.15, -0.1) is 0 Å². The summed E-state index contributed by atoms with van der Waals surface area (Å²) in [4.78, 5) is 12.1. The van der Waals surface area contributed by atoms with Crippen molar-refractivity contribution >= 4 is 29.1 Å². The third kappa shape index (κ3) is 5.54. The highest BCUT2D eigenvalue weighted by molar-refractivity contribution is 6.30. The zero-order chi connectivity index (χ0) is 16.8. The maximum atomic E-state index is 12.1. The van der Waals surface area contributed by atoms with Gasteiger partial charge in [-0.3, -0.25) is 4.79 Å². The van der Waals surface area contributed by atoms with Crippen LogP contribution in [0.15, 0.2) is 48.5 Å². The van der Waals surface area contributed by atoms with Gasteiger partial charge in [-0.2, -0.15) is 0 Å². The van der Waals surface area contributed by atoms with Crippen molar-refractivity contribution in [2.75, 3.05) is 6.54 Å². The molecule has 2 rings (SSSR count). The van der Waals surface area contributed by atoms with Gasteiger partial charge in [0.05, 0.1) is 6.04 Å². The van der Waals surface area contributed by atoms with Crippen molar-refractivity contribution in [2.24, 2.45) is 0 Å². The van der Waals surface area contributed by atoms with Crippen LogP contribution < -0.4 is 10.6 Å². The maximum Gasteiger partial charge on any atom is 0.275 e. The van der Waals surface area contributed by atoms with E-state index in [4.69, 9.17) is 23.2 Å². The number of halogens is 2. The minimum Gasteiger partial charge on any atom is -0.345 e. The zero-order valence-electron chi connectivity index (χ0n) is 13.2. The lowest BCUT2D eigenvalue weighted by molar-refractivity contribution is -0.682. The highest BCUT2D eigenvalue weighted by atomic mass is 35.5. The molecule has 0 bridgehead atoms. The van der Waals surface area contributed by atoms with Crippen molar-refractivity contribution < 1.29 is 10.1 Å². The first-order chi connectivity index (χ1) is 11.0. The van der Waals surface area contributed by atoms with Crippen LogP contribution in [0.25, 0.3) is 0 Å². The van der Waals surface area contributed by atoms with Crippen LogP contribution in [0.1, 0.15) is 37.1 Å². The molecule has 0 heterocycles. The van der Waals surface area contributed by atoms with Gasteiger partial charge in [-0.1, -0.05) is 47.5 Å². The number of benzene rings is 2. The Hall–Kier alpha value is -1.55. The average molecular weight is 352 g/mol. The van der Waals surface area contributed by atoms with Crippen LogP contribution in [-0.4, -0.2) is 12.5 Å². The molecule has 0 unspecified atom stereocenters. The molecule has 3 nitrogen and oxygen atoms in total. The predicted octanol–water partition coefficient (Wildman–Crippen LogP) is 3.50. The molecule has 0 fully saturated rings. The molecule has 0 aliphatic heterocycles. The summed E-state index contributed by atoms with van der Waals surface area (Å²) in [6.45, 7) is 4.38. The second-order valence-electron chi connectivity index (χ2n) is 5.62. The number of amides is 1. The minimum absolute atomic E-state index is 0.00123. The van der Waals surface area contributed by atoms with Crippen LogP contribution >= 0.6 is 23.2 Å². The van der Waals surface area contributed by atoms with E-state index in [0.717, 1.165) is 11.1 Å². The van der Waals surface area contributed by atoms with Crippen molar-refractivity contribution in [1.29, 1.82) is 0 Å². The minimum atomic E-state index is -0.0466. The number of carbonyl (C=O) groups excluding carboxylic acids is 1. The Morgan fingerprint density at radius 3 is 2.39 bits per heavy atom. The summed E-state index contributed by atoms with van der Waals surface area (Å²) < 4.78 is 0. The fraction of sp³-hybridized carbons (Fsp3) is 0.278. The molecule has 2 aromatic rings. The SMILES string of the molecule is C[C@H](NC(=O)C[NH2+][C@H](C)c1cccc(Cl)c1)c1ccc(Cl)cc1. The Morgan fingerprint density at radius 1 is 1.04 bits per heavy atom. The quantitative estimate of drug-likeness (QED) is 0.821. The zero-order valence-corrected chi connectivity index (χ0v) is 14.7. The maximum absolute atomic E-state index is 12.1. The molecule has 0 aromatic heterocycles. The second kappa shape index (κ2) is 8.34. The smallest absolute Gasteiger partial charge is 0.275 e. The Bertz CT molecular complexity index is 658. The normalized spacial score (nSPS) is 13.4. The monoisotopic (exact) mass is 351 g/mol. The fourth-order valence-corrected chi connectivity index (χ4v) is 2.67. The van der Waals surface area contributed by atoms with E-state index in [2.05, 4.69) is 12.2 Å². The van der Waals surface area contributed by atoms with Crippen molar-refractivity contribution in [2.45, 2.75) is 25.9 Å². The summed E-state index contributed by atoms with van der Waals surface area (Å²) in [6.07, 6.45) is 0. The Morgan fingerprint density at radius 2 is 1.74 bits per heavy atom. The lowest BCUT2D eigenvalue weighted by atomic mass is 10.1. The molecule has 5 heteroatoms. The number of hydrogen-bond donors (Lipinski definition) is 2. The van der Waals surface area contributed by atoms with Crippen LogP contribution in [-0.2, 0) is 4.79 Å². The molecule has 0 aliphatic rings. The van der Waals surface area contributed by atoms with Crippen LogP contribution in [0.3, 0.4) is 0 Å². The number of hydrogen-bond acceptors (Lipinski definition) is 1. The van der Waals surface area contributed by atoms with Gasteiger partial charge in [-0.05, 0) is 43.7 Å². The molecule has 1 amide bonds. The molecule has 0 aliphatic carbocycles. The van der Waals surface area contributed by atoms with E-state index in [1.165, 1.54) is 0 Å². The summed E-state index contributed by atoms with van der Waals surface area (Å²) in [5, 5.41) is 6.39. The number of nitrogens with two attached hydrogens (primary N) is 1. The molecular formula is C18H21Cl2N2O+. The van der Waals surface area contributed by atoms with Gasteiger partial charge >= 0.3 is 0 Å². The van der Waals surface area contributed by atoms with Crippen LogP contribution in [0.5, 0.6) is 0 Å². The summed E-state index contributed by atoms with van der Waals surface area (Å²) in [5.74, 6) is 0.00123. The van der Waals surface area contributed by atoms with Crippen molar-refractivity contribution in [3.63, 3.8) is 0 Å². The summed E-state index contributed by atoms with van der Waals surface area (Å²) in [5.41, 5.74) is 2.14. The molecule has 0 saturated carbocycles. The van der Waals surface area contributed by atoms with Crippen LogP contribution in [0.4, 0.5) is 0 Å². The van der Waals surface area contributed by atoms with E-state index in [0.29, 0.717) is 16.6 Å². The van der Waals surface area contributed by atoms with E-state index in [9.17, 15) is 4.79 Å². The molecule has 23 heavy (non-hydrogen) atoms. The highest BCUT2D eigenvalue weighted by Gasteiger charge is 2.14. The first-order valence-corrected chi connectivity index (χ1v) is 8.35. The van der Waals surface area contributed by atoms with Crippen molar-refractivity contribution in [1.82, 2.24) is 5.32 Å². The van der Waals surface area contributed by atoms with Crippen LogP contribution in [0, 0.1) is 0 Å². The van der Waals surface area contributed by atoms with Gasteiger partial charge in [0.15, 0.2) is 6.54 Å². The molecule has 122 valence electrons. The van der Waals surface area contributed by atoms with E-state index in [-0.39, 0.29) is 18.0 Å². The van der Waals surface area contributed by atoms with E-state index >= 15 is 0 Å². The van der Waals surface area contributed by atoms with Gasteiger partial charge in [0, 0.05) is 15.6 Å². The number of quaternary nitrogens is 1. The first-order valence-electron chi connectivity index (χ1n) is 7.59. The van der Waals surface area contributed by atoms with E-state index in [1.54, 1.807) is 0 Å². The van der Waals surface area contributed by atoms with Crippen molar-refractivity contribution in [3.8, 4) is 0 Å². The van der Waals surface area contributed by atoms with E-state index in [1.807, 2.05) is 60.8 Å². The molecule has 2 atom stereocenters. The molecule has 2 aromatic carbocycles. The van der Waals surface area contributed by atoms with Crippen LogP contribution in [0.2, 0.25) is 10.0 Å². The van der Waals surface area contributed by atoms with Gasteiger partial charge in [0.25, 0.3) is 5.91 Å². The van der Waals surface area contributed by atoms with Gasteiger partial charge in [-0.25, -0.2) is 0 Å². The number of carbonyl (C=O) groups is 1. The topological polar surface area (TPSA) is 45.7 Å². The molecular weight excluding hydrogens is 331 g/mol. The number of rotatable bonds is 6. The molecule has 0 saturated heterocycles. The Kier molecular flexibility index (Phi) is 6.46. The molecule has 0 spiro atoms. The highest BCUT2D eigenvalue weighted by Crippen LogP contribution is 2.16. The average Bonchev–Trinajstić information content (AvgIpc) is 2.53. The van der Waals surface area contributed by atoms with Gasteiger partial charge in [0.1, 0.15) is 6.04 Å². The largest absolute Gasteiger partial charge is 0.345 e. The van der Waals surface area contributed by atoms with Crippen molar-refractivity contribution in [3.05, 3.63) is 69.7 Å². The number of nitrogens with one attached hydrogen (secondary N) is 1. The third-order valence-corrected chi connectivity index (χ3v) is 4.27. The summed E-state index contributed by atoms with van der Waals surface area (Å²) >= 11 is 11.9. The standard InChI is InChI=1S/C18H20Cl2N2O/c1-12(15-4-3-5-17(20)10-15)21-11-18(23)22-13(2)14-6-8-16(19)9-7-14/h3-10,12-13,21H,11H2,1-2H3,(H,22,23)/p+1/t12-,13+/m1/s1. The van der Waals surface area contributed by atoms with Gasteiger partial charge in [0.2, 0.25) is 0 Å². The molecule has 3 N–H and O–H groups in total. The first kappa shape index (κ1) is 17.8. The third-order valence-electron chi connectivity index (χ3n) is 3.78. The lowest BCUT2D eigenvalue weighted by Crippen LogP contribution is -2.87. The molecule has 0 radical (unpaired) electrons. The summed E-state index contributed by atoms with van der Waals surface area (Å²) in [7, 11) is 0. The second-order valence-corrected chi connectivity index (χ2v) is 6.50. The van der Waals surface area contributed by atoms with Gasteiger partial charge < -0.3 is 10.6 Å². The predicted molar refractivity (Wildman–Crippen MR) is 94.7 cm³/mol. The lowest BCUT2D eigenvalue weighted by Gasteiger charge is -2.15. The summed E-state index contributed by atoms with van der Waals surface area (Å²) in [6, 6.07) is 15.3. The Labute approximate surface area is 147 Å². The Balaban J connectivity index is 1.83. The fourth-order valence-electron chi connectivity index (χ4n) is 2.34.